The lowest BCUT2D eigenvalue weighted by Gasteiger charge is -2.25. The SMILES string of the molecule is CCCCOC(C(=O)O)C(C)(C)C=O. The van der Waals surface area contributed by atoms with Crippen molar-refractivity contribution < 1.29 is 19.4 Å². The number of unbranched alkanes of at least 4 members (excludes halogenated alkanes) is 1. The second-order valence-corrected chi connectivity index (χ2v) is 3.88. The van der Waals surface area contributed by atoms with Crippen molar-refractivity contribution in [1.82, 2.24) is 0 Å². The summed E-state index contributed by atoms with van der Waals surface area (Å²) in [5.74, 6) is -1.08. The molecule has 0 saturated carbocycles. The van der Waals surface area contributed by atoms with E-state index in [4.69, 9.17) is 9.84 Å². The Morgan fingerprint density at radius 3 is 2.50 bits per heavy atom. The molecule has 0 aliphatic heterocycles. The molecule has 0 rings (SSSR count). The summed E-state index contributed by atoms with van der Waals surface area (Å²) in [6, 6.07) is 0. The van der Waals surface area contributed by atoms with Gasteiger partial charge in [0.1, 0.15) is 6.29 Å². The van der Waals surface area contributed by atoms with Crippen molar-refractivity contribution in [3.05, 3.63) is 0 Å². The molecule has 0 saturated heterocycles. The lowest BCUT2D eigenvalue weighted by atomic mass is 9.88. The normalized spacial score (nSPS) is 13.6. The van der Waals surface area contributed by atoms with Crippen LogP contribution in [-0.2, 0) is 14.3 Å². The van der Waals surface area contributed by atoms with Gasteiger partial charge in [-0.2, -0.15) is 0 Å². The maximum Gasteiger partial charge on any atom is 0.333 e. The van der Waals surface area contributed by atoms with E-state index < -0.39 is 17.5 Å². The first-order chi connectivity index (χ1) is 6.45. The number of carboxylic acids is 1. The van der Waals surface area contributed by atoms with Gasteiger partial charge in [0.25, 0.3) is 0 Å². The van der Waals surface area contributed by atoms with Crippen molar-refractivity contribution in [3.63, 3.8) is 0 Å². The van der Waals surface area contributed by atoms with E-state index in [2.05, 4.69) is 0 Å². The molecule has 0 aliphatic carbocycles. The maximum atomic E-state index is 10.8. The van der Waals surface area contributed by atoms with Gasteiger partial charge in [0, 0.05) is 6.61 Å². The molecule has 4 nitrogen and oxygen atoms in total. The number of carbonyl (C=O) groups excluding carboxylic acids is 1. The van der Waals surface area contributed by atoms with Crippen molar-refractivity contribution >= 4 is 12.3 Å². The van der Waals surface area contributed by atoms with Crippen LogP contribution in [0, 0.1) is 5.41 Å². The van der Waals surface area contributed by atoms with Crippen molar-refractivity contribution in [1.29, 1.82) is 0 Å². The zero-order valence-electron chi connectivity index (χ0n) is 8.95. The molecule has 0 aromatic rings. The van der Waals surface area contributed by atoms with E-state index in [1.165, 1.54) is 0 Å². The van der Waals surface area contributed by atoms with E-state index in [0.717, 1.165) is 12.8 Å². The van der Waals surface area contributed by atoms with Crippen LogP contribution in [0.5, 0.6) is 0 Å². The molecule has 0 aliphatic rings. The van der Waals surface area contributed by atoms with Gasteiger partial charge in [-0.3, -0.25) is 0 Å². The van der Waals surface area contributed by atoms with Crippen LogP contribution in [0.3, 0.4) is 0 Å². The van der Waals surface area contributed by atoms with Crippen LogP contribution in [0.2, 0.25) is 0 Å². The van der Waals surface area contributed by atoms with E-state index in [1.54, 1.807) is 13.8 Å². The highest BCUT2D eigenvalue weighted by Gasteiger charge is 2.35. The monoisotopic (exact) mass is 202 g/mol. The van der Waals surface area contributed by atoms with E-state index in [-0.39, 0.29) is 0 Å². The number of hydrogen-bond acceptors (Lipinski definition) is 3. The first-order valence-corrected chi connectivity index (χ1v) is 4.76. The number of carboxylic acid groups (broad SMARTS) is 1. The van der Waals surface area contributed by atoms with Crippen LogP contribution in [0.4, 0.5) is 0 Å². The van der Waals surface area contributed by atoms with Crippen LogP contribution in [-0.4, -0.2) is 30.1 Å². The largest absolute Gasteiger partial charge is 0.479 e. The predicted octanol–water partition coefficient (Wildman–Crippen LogP) is 1.48. The topological polar surface area (TPSA) is 63.6 Å². The zero-order valence-corrected chi connectivity index (χ0v) is 8.95. The Balaban J connectivity index is 4.30. The number of rotatable bonds is 7. The van der Waals surface area contributed by atoms with Gasteiger partial charge in [0.2, 0.25) is 0 Å². The Morgan fingerprint density at radius 2 is 2.14 bits per heavy atom. The molecule has 82 valence electrons. The van der Waals surface area contributed by atoms with Gasteiger partial charge >= 0.3 is 5.97 Å². The van der Waals surface area contributed by atoms with Crippen molar-refractivity contribution in [2.45, 2.75) is 39.7 Å². The summed E-state index contributed by atoms with van der Waals surface area (Å²) < 4.78 is 5.17. The summed E-state index contributed by atoms with van der Waals surface area (Å²) >= 11 is 0. The predicted molar refractivity (Wildman–Crippen MR) is 52.1 cm³/mol. The molecule has 0 amide bonds. The molecule has 1 N–H and O–H groups in total. The summed E-state index contributed by atoms with van der Waals surface area (Å²) in [7, 11) is 0. The minimum absolute atomic E-state index is 0.380. The van der Waals surface area contributed by atoms with Crippen molar-refractivity contribution in [3.8, 4) is 0 Å². The smallest absolute Gasteiger partial charge is 0.333 e. The van der Waals surface area contributed by atoms with Crippen LogP contribution in [0.1, 0.15) is 33.6 Å². The molecule has 0 fully saturated rings. The second kappa shape index (κ2) is 5.75. The van der Waals surface area contributed by atoms with Gasteiger partial charge in [-0.25, -0.2) is 4.79 Å². The Kier molecular flexibility index (Phi) is 5.38. The molecule has 4 heteroatoms. The van der Waals surface area contributed by atoms with Crippen LogP contribution < -0.4 is 0 Å². The molecule has 0 spiro atoms. The Morgan fingerprint density at radius 1 is 1.57 bits per heavy atom. The van der Waals surface area contributed by atoms with Crippen LogP contribution in [0.25, 0.3) is 0 Å². The maximum absolute atomic E-state index is 10.8. The standard InChI is InChI=1S/C10H18O4/c1-4-5-6-14-8(9(12)13)10(2,3)7-11/h7-8H,4-6H2,1-3H3,(H,12,13). The quantitative estimate of drug-likeness (QED) is 0.501. The van der Waals surface area contributed by atoms with Gasteiger partial charge in [-0.1, -0.05) is 27.2 Å². The molecule has 0 aromatic carbocycles. The fraction of sp³-hybridized carbons (Fsp3) is 0.800. The van der Waals surface area contributed by atoms with Crippen LogP contribution in [0.15, 0.2) is 0 Å². The summed E-state index contributed by atoms with van der Waals surface area (Å²) in [5, 5.41) is 8.86. The van der Waals surface area contributed by atoms with Gasteiger partial charge in [0.05, 0.1) is 5.41 Å². The highest BCUT2D eigenvalue weighted by atomic mass is 16.5. The number of aliphatic carboxylic acids is 1. The third-order valence-corrected chi connectivity index (χ3v) is 1.99. The fourth-order valence-corrected chi connectivity index (χ4v) is 1.01. The molecule has 1 unspecified atom stereocenters. The summed E-state index contributed by atoms with van der Waals surface area (Å²) in [6.07, 6.45) is 1.32. The third-order valence-electron chi connectivity index (χ3n) is 1.99. The van der Waals surface area contributed by atoms with E-state index in [9.17, 15) is 9.59 Å². The minimum atomic E-state index is -1.08. The highest BCUT2D eigenvalue weighted by Crippen LogP contribution is 2.21. The van der Waals surface area contributed by atoms with E-state index >= 15 is 0 Å². The Bertz CT molecular complexity index is 198. The number of carbonyl (C=O) groups is 2. The van der Waals surface area contributed by atoms with Crippen LogP contribution >= 0.6 is 0 Å². The summed E-state index contributed by atoms with van der Waals surface area (Å²) in [6.45, 7) is 5.49. The molecule has 0 heterocycles. The molecule has 0 aromatic heterocycles. The van der Waals surface area contributed by atoms with Gasteiger partial charge < -0.3 is 14.6 Å². The Labute approximate surface area is 84.3 Å². The molecular formula is C10H18O4. The molecule has 14 heavy (non-hydrogen) atoms. The van der Waals surface area contributed by atoms with Gasteiger partial charge in [-0.05, 0) is 6.42 Å². The highest BCUT2D eigenvalue weighted by molar-refractivity contribution is 5.79. The summed E-state index contributed by atoms with van der Waals surface area (Å²) in [4.78, 5) is 21.5. The Hall–Kier alpha value is -0.900. The molecule has 0 bridgehead atoms. The molecule has 0 radical (unpaired) electrons. The number of hydrogen-bond donors (Lipinski definition) is 1. The van der Waals surface area contributed by atoms with E-state index in [0.29, 0.717) is 12.9 Å². The number of ether oxygens (including phenoxy) is 1. The third kappa shape index (κ3) is 3.87. The molecular weight excluding hydrogens is 184 g/mol. The zero-order chi connectivity index (χ0) is 11.2. The lowest BCUT2D eigenvalue weighted by Crippen LogP contribution is -2.40. The first kappa shape index (κ1) is 13.1. The fourth-order valence-electron chi connectivity index (χ4n) is 1.01. The number of aldehydes is 1. The molecule has 1 atom stereocenters. The minimum Gasteiger partial charge on any atom is -0.479 e. The first-order valence-electron chi connectivity index (χ1n) is 4.76. The lowest BCUT2D eigenvalue weighted by molar-refractivity contribution is -0.160. The van der Waals surface area contributed by atoms with E-state index in [1.807, 2.05) is 6.92 Å². The van der Waals surface area contributed by atoms with Crippen molar-refractivity contribution in [2.24, 2.45) is 5.41 Å². The summed E-state index contributed by atoms with van der Waals surface area (Å²) in [5.41, 5.74) is -0.973. The van der Waals surface area contributed by atoms with Gasteiger partial charge in [-0.15, -0.1) is 0 Å². The average molecular weight is 202 g/mol. The second-order valence-electron chi connectivity index (χ2n) is 3.88. The van der Waals surface area contributed by atoms with Crippen molar-refractivity contribution in [2.75, 3.05) is 6.61 Å². The average Bonchev–Trinajstić information content (AvgIpc) is 2.11. The van der Waals surface area contributed by atoms with Gasteiger partial charge in [0.15, 0.2) is 6.10 Å².